The fourth-order valence-corrected chi connectivity index (χ4v) is 3.35. The highest BCUT2D eigenvalue weighted by Gasteiger charge is 2.35. The molecule has 0 spiro atoms. The summed E-state index contributed by atoms with van der Waals surface area (Å²) in [6.45, 7) is 0.605. The highest BCUT2D eigenvalue weighted by molar-refractivity contribution is 6.00. The molecule has 7 heteroatoms. The van der Waals surface area contributed by atoms with Crippen molar-refractivity contribution in [3.63, 3.8) is 0 Å². The molecular formula is C22H21N3O4. The van der Waals surface area contributed by atoms with Crippen LogP contribution in [0, 0.1) is 5.92 Å². The van der Waals surface area contributed by atoms with Crippen LogP contribution in [0.2, 0.25) is 0 Å². The van der Waals surface area contributed by atoms with E-state index < -0.39 is 5.92 Å². The van der Waals surface area contributed by atoms with E-state index in [9.17, 15) is 9.59 Å². The fourth-order valence-electron chi connectivity index (χ4n) is 3.35. The van der Waals surface area contributed by atoms with Gasteiger partial charge in [-0.1, -0.05) is 35.5 Å². The summed E-state index contributed by atoms with van der Waals surface area (Å²) in [5.74, 6) is 0.737. The van der Waals surface area contributed by atoms with Crippen molar-refractivity contribution >= 4 is 17.5 Å². The van der Waals surface area contributed by atoms with Gasteiger partial charge in [0.05, 0.1) is 19.6 Å². The number of anilines is 1. The third kappa shape index (κ3) is 4.13. The van der Waals surface area contributed by atoms with Crippen LogP contribution in [-0.4, -0.2) is 30.6 Å². The molecule has 1 aromatic heterocycles. The number of carbonyl (C=O) groups excluding carboxylic acids is 2. The molecule has 1 N–H and O–H groups in total. The first-order chi connectivity index (χ1) is 14.1. The normalized spacial score (nSPS) is 16.1. The van der Waals surface area contributed by atoms with Crippen molar-refractivity contribution in [2.24, 2.45) is 5.92 Å². The monoisotopic (exact) mass is 391 g/mol. The maximum absolute atomic E-state index is 12.5. The van der Waals surface area contributed by atoms with Gasteiger partial charge in [0.1, 0.15) is 11.4 Å². The number of hydrogen-bond donors (Lipinski definition) is 1. The Labute approximate surface area is 168 Å². The average molecular weight is 391 g/mol. The predicted octanol–water partition coefficient (Wildman–Crippen LogP) is 3.02. The Kier molecular flexibility index (Phi) is 5.29. The summed E-state index contributed by atoms with van der Waals surface area (Å²) in [4.78, 5) is 26.5. The van der Waals surface area contributed by atoms with Gasteiger partial charge in [-0.25, -0.2) is 0 Å². The van der Waals surface area contributed by atoms with Gasteiger partial charge in [-0.05, 0) is 24.3 Å². The van der Waals surface area contributed by atoms with E-state index >= 15 is 0 Å². The summed E-state index contributed by atoms with van der Waals surface area (Å²) in [5, 5.41) is 6.86. The second-order valence-corrected chi connectivity index (χ2v) is 6.87. The molecule has 1 fully saturated rings. The number of hydrogen-bond acceptors (Lipinski definition) is 5. The summed E-state index contributed by atoms with van der Waals surface area (Å²) >= 11 is 0. The third-order valence-corrected chi connectivity index (χ3v) is 4.94. The number of nitrogens with zero attached hydrogens (tertiary/aromatic N) is 2. The number of rotatable bonds is 6. The Hall–Kier alpha value is -3.61. The molecule has 7 nitrogen and oxygen atoms in total. The van der Waals surface area contributed by atoms with Crippen molar-refractivity contribution < 1.29 is 18.8 Å². The minimum atomic E-state index is -0.398. The maximum Gasteiger partial charge on any atom is 0.227 e. The molecule has 3 aromatic rings. The molecule has 1 aliphatic rings. The lowest BCUT2D eigenvalue weighted by molar-refractivity contribution is -0.126. The molecule has 0 saturated carbocycles. The van der Waals surface area contributed by atoms with Crippen LogP contribution in [0.15, 0.2) is 65.2 Å². The van der Waals surface area contributed by atoms with Gasteiger partial charge in [-0.15, -0.1) is 0 Å². The van der Waals surface area contributed by atoms with Crippen LogP contribution in [0.25, 0.3) is 11.3 Å². The number of carbonyl (C=O) groups is 2. The van der Waals surface area contributed by atoms with Gasteiger partial charge in [0.25, 0.3) is 0 Å². The van der Waals surface area contributed by atoms with Crippen molar-refractivity contribution in [3.05, 3.63) is 66.4 Å². The first kappa shape index (κ1) is 18.7. The molecule has 2 heterocycles. The first-order valence-corrected chi connectivity index (χ1v) is 9.37. The zero-order chi connectivity index (χ0) is 20.2. The van der Waals surface area contributed by atoms with Gasteiger partial charge >= 0.3 is 0 Å². The zero-order valence-electron chi connectivity index (χ0n) is 16.0. The number of aromatic nitrogens is 1. The molecule has 2 amide bonds. The molecule has 1 unspecified atom stereocenters. The minimum Gasteiger partial charge on any atom is -0.497 e. The number of benzene rings is 2. The zero-order valence-corrected chi connectivity index (χ0v) is 16.0. The molecule has 1 aliphatic heterocycles. The molecule has 1 saturated heterocycles. The molecule has 0 bridgehead atoms. The van der Waals surface area contributed by atoms with Gasteiger partial charge in [0.2, 0.25) is 11.8 Å². The van der Waals surface area contributed by atoms with Gasteiger partial charge in [0, 0.05) is 30.3 Å². The van der Waals surface area contributed by atoms with E-state index in [2.05, 4.69) is 10.5 Å². The summed E-state index contributed by atoms with van der Waals surface area (Å²) in [7, 11) is 1.59. The summed E-state index contributed by atoms with van der Waals surface area (Å²) in [6, 6.07) is 18.7. The van der Waals surface area contributed by atoms with Gasteiger partial charge in [-0.2, -0.15) is 0 Å². The Morgan fingerprint density at radius 2 is 1.97 bits per heavy atom. The number of ether oxygens (including phenoxy) is 1. The summed E-state index contributed by atoms with van der Waals surface area (Å²) in [6.07, 6.45) is 0.186. The molecule has 0 radical (unpaired) electrons. The van der Waals surface area contributed by atoms with Crippen LogP contribution in [-0.2, 0) is 16.1 Å². The first-order valence-electron chi connectivity index (χ1n) is 9.37. The Balaban J connectivity index is 1.34. The largest absolute Gasteiger partial charge is 0.497 e. The van der Waals surface area contributed by atoms with E-state index in [4.69, 9.17) is 9.26 Å². The standard InChI is InChI=1S/C22H21N3O4/c1-28-19-9-7-18(8-10-19)25-14-16(11-21(25)26)22(27)23-13-17-12-20(29-24-17)15-5-3-2-4-6-15/h2-10,12,16H,11,13-14H2,1H3,(H,23,27). The van der Waals surface area contributed by atoms with Gasteiger partial charge in [-0.3, -0.25) is 9.59 Å². The van der Waals surface area contributed by atoms with Crippen LogP contribution in [0.5, 0.6) is 5.75 Å². The number of amides is 2. The van der Waals surface area contributed by atoms with E-state index in [1.165, 1.54) is 0 Å². The van der Waals surface area contributed by atoms with Gasteiger partial charge in [0.15, 0.2) is 5.76 Å². The highest BCUT2D eigenvalue weighted by atomic mass is 16.5. The van der Waals surface area contributed by atoms with Crippen molar-refractivity contribution in [1.29, 1.82) is 0 Å². The molecule has 29 heavy (non-hydrogen) atoms. The van der Waals surface area contributed by atoms with E-state index in [0.717, 1.165) is 17.0 Å². The molecule has 2 aromatic carbocycles. The molecule has 148 valence electrons. The lowest BCUT2D eigenvalue weighted by Gasteiger charge is -2.17. The fraction of sp³-hybridized carbons (Fsp3) is 0.227. The lowest BCUT2D eigenvalue weighted by Crippen LogP contribution is -2.32. The van der Waals surface area contributed by atoms with Gasteiger partial charge < -0.3 is 19.5 Å². The lowest BCUT2D eigenvalue weighted by atomic mass is 10.1. The predicted molar refractivity (Wildman–Crippen MR) is 107 cm³/mol. The van der Waals surface area contributed by atoms with Crippen molar-refractivity contribution in [1.82, 2.24) is 10.5 Å². The second kappa shape index (κ2) is 8.18. The summed E-state index contributed by atoms with van der Waals surface area (Å²) in [5.41, 5.74) is 2.32. The average Bonchev–Trinajstić information content (AvgIpc) is 3.40. The Bertz CT molecular complexity index is 998. The SMILES string of the molecule is COc1ccc(N2CC(C(=O)NCc3cc(-c4ccccc4)on3)CC2=O)cc1. The van der Waals surface area contributed by atoms with Crippen molar-refractivity contribution in [3.8, 4) is 17.1 Å². The quantitative estimate of drug-likeness (QED) is 0.698. The van der Waals surface area contributed by atoms with Crippen LogP contribution in [0.3, 0.4) is 0 Å². The number of nitrogens with one attached hydrogen (secondary N) is 1. The smallest absolute Gasteiger partial charge is 0.227 e. The van der Waals surface area contributed by atoms with Crippen LogP contribution in [0.1, 0.15) is 12.1 Å². The van der Waals surface area contributed by atoms with Crippen LogP contribution >= 0.6 is 0 Å². The van der Waals surface area contributed by atoms with Crippen LogP contribution in [0.4, 0.5) is 5.69 Å². The summed E-state index contributed by atoms with van der Waals surface area (Å²) < 4.78 is 10.5. The second-order valence-electron chi connectivity index (χ2n) is 6.87. The van der Waals surface area contributed by atoms with Crippen LogP contribution < -0.4 is 15.0 Å². The molecule has 1 atom stereocenters. The van der Waals surface area contributed by atoms with Crippen molar-refractivity contribution in [2.45, 2.75) is 13.0 Å². The molecule has 0 aliphatic carbocycles. The Morgan fingerprint density at radius 1 is 1.21 bits per heavy atom. The highest BCUT2D eigenvalue weighted by Crippen LogP contribution is 2.27. The maximum atomic E-state index is 12.5. The Morgan fingerprint density at radius 3 is 2.69 bits per heavy atom. The molecule has 4 rings (SSSR count). The van der Waals surface area contributed by atoms with Crippen molar-refractivity contribution in [2.75, 3.05) is 18.6 Å². The van der Waals surface area contributed by atoms with E-state index in [0.29, 0.717) is 18.0 Å². The third-order valence-electron chi connectivity index (χ3n) is 4.94. The molecular weight excluding hydrogens is 370 g/mol. The topological polar surface area (TPSA) is 84.7 Å². The van der Waals surface area contributed by atoms with E-state index in [-0.39, 0.29) is 24.8 Å². The van der Waals surface area contributed by atoms with E-state index in [1.54, 1.807) is 30.2 Å². The van der Waals surface area contributed by atoms with E-state index in [1.807, 2.05) is 42.5 Å². The minimum absolute atomic E-state index is 0.0666. The number of methoxy groups -OCH3 is 1.